The minimum atomic E-state index is 0.851. The molecule has 2 nitrogen and oxygen atoms in total. The zero-order valence-electron chi connectivity index (χ0n) is 10.9. The molecule has 2 atom stereocenters. The zero-order chi connectivity index (χ0) is 11.8. The van der Waals surface area contributed by atoms with Crippen LogP contribution < -0.4 is 10.2 Å². The third kappa shape index (κ3) is 2.19. The predicted molar refractivity (Wildman–Crippen MR) is 72.6 cm³/mol. The zero-order valence-corrected chi connectivity index (χ0v) is 10.9. The first-order valence-corrected chi connectivity index (χ1v) is 6.75. The van der Waals surface area contributed by atoms with Crippen LogP contribution >= 0.6 is 0 Å². The van der Waals surface area contributed by atoms with Crippen LogP contribution in [0.4, 0.5) is 5.69 Å². The van der Waals surface area contributed by atoms with Crippen LogP contribution in [0.25, 0.3) is 0 Å². The van der Waals surface area contributed by atoms with Crippen LogP contribution in [-0.4, -0.2) is 26.2 Å². The van der Waals surface area contributed by atoms with Crippen LogP contribution in [-0.2, 0) is 0 Å². The molecule has 0 spiro atoms. The van der Waals surface area contributed by atoms with Gasteiger partial charge in [-0.25, -0.2) is 0 Å². The molecule has 2 unspecified atom stereocenters. The number of aryl methyl sites for hydroxylation is 2. The van der Waals surface area contributed by atoms with Crippen molar-refractivity contribution in [1.82, 2.24) is 5.32 Å². The number of anilines is 1. The Morgan fingerprint density at radius 2 is 1.76 bits per heavy atom. The van der Waals surface area contributed by atoms with Crippen molar-refractivity contribution in [1.29, 1.82) is 0 Å². The van der Waals surface area contributed by atoms with Crippen LogP contribution in [0, 0.1) is 25.7 Å². The summed E-state index contributed by atoms with van der Waals surface area (Å²) in [4.78, 5) is 2.59. The van der Waals surface area contributed by atoms with Gasteiger partial charge in [0.25, 0.3) is 0 Å². The summed E-state index contributed by atoms with van der Waals surface area (Å²) in [6.45, 7) is 9.27. The summed E-state index contributed by atoms with van der Waals surface area (Å²) in [6.07, 6.45) is 1.42. The van der Waals surface area contributed by atoms with E-state index in [1.807, 2.05) is 0 Å². The van der Waals surface area contributed by atoms with Crippen molar-refractivity contribution in [2.24, 2.45) is 11.8 Å². The maximum atomic E-state index is 3.55. The Morgan fingerprint density at radius 3 is 2.41 bits per heavy atom. The van der Waals surface area contributed by atoms with Crippen molar-refractivity contribution in [3.05, 3.63) is 29.3 Å². The lowest BCUT2D eigenvalue weighted by atomic mass is 9.85. The van der Waals surface area contributed by atoms with Crippen LogP contribution in [0.1, 0.15) is 17.5 Å². The molecule has 17 heavy (non-hydrogen) atoms. The fraction of sp³-hybridized carbons (Fsp3) is 0.600. The SMILES string of the molecule is Cc1ccc(N2CC3CNCC(C3)C2)cc1C. The van der Waals surface area contributed by atoms with Gasteiger partial charge in [-0.15, -0.1) is 0 Å². The lowest BCUT2D eigenvalue weighted by Crippen LogP contribution is -2.51. The highest BCUT2D eigenvalue weighted by atomic mass is 15.2. The topological polar surface area (TPSA) is 15.3 Å². The standard InChI is InChI=1S/C15H22N2/c1-11-3-4-15(5-12(11)2)17-9-13-6-14(10-17)8-16-7-13/h3-5,13-14,16H,6-10H2,1-2H3. The van der Waals surface area contributed by atoms with Gasteiger partial charge in [0.05, 0.1) is 0 Å². The first-order valence-electron chi connectivity index (χ1n) is 6.75. The Balaban J connectivity index is 1.81. The summed E-state index contributed by atoms with van der Waals surface area (Å²) < 4.78 is 0. The lowest BCUT2D eigenvalue weighted by molar-refractivity contribution is 0.250. The van der Waals surface area contributed by atoms with Gasteiger partial charge < -0.3 is 10.2 Å². The van der Waals surface area contributed by atoms with Crippen LogP contribution in [0.3, 0.4) is 0 Å². The quantitative estimate of drug-likeness (QED) is 0.796. The van der Waals surface area contributed by atoms with Crippen LogP contribution in [0.5, 0.6) is 0 Å². The fourth-order valence-electron chi connectivity index (χ4n) is 3.24. The van der Waals surface area contributed by atoms with Crippen molar-refractivity contribution in [3.63, 3.8) is 0 Å². The van der Waals surface area contributed by atoms with Gasteiger partial charge in [0.15, 0.2) is 0 Å². The van der Waals surface area contributed by atoms with Gasteiger partial charge in [0.1, 0.15) is 0 Å². The van der Waals surface area contributed by atoms with Gasteiger partial charge in [0.2, 0.25) is 0 Å². The number of hydrogen-bond acceptors (Lipinski definition) is 2. The van der Waals surface area contributed by atoms with E-state index >= 15 is 0 Å². The first kappa shape index (κ1) is 11.1. The monoisotopic (exact) mass is 230 g/mol. The molecule has 2 fully saturated rings. The molecule has 0 radical (unpaired) electrons. The molecule has 0 amide bonds. The van der Waals surface area contributed by atoms with Gasteiger partial charge in [-0.05, 0) is 68.5 Å². The molecule has 2 aliphatic heterocycles. The minimum absolute atomic E-state index is 0.851. The maximum Gasteiger partial charge on any atom is 0.0369 e. The number of nitrogens with one attached hydrogen (secondary N) is 1. The summed E-state index contributed by atoms with van der Waals surface area (Å²) in [5.74, 6) is 1.70. The van der Waals surface area contributed by atoms with Gasteiger partial charge in [-0.1, -0.05) is 6.07 Å². The molecule has 2 aliphatic rings. The van der Waals surface area contributed by atoms with E-state index in [1.165, 1.54) is 49.4 Å². The molecule has 1 aromatic carbocycles. The normalized spacial score (nSPS) is 28.2. The van der Waals surface area contributed by atoms with E-state index in [-0.39, 0.29) is 0 Å². The second-order valence-electron chi connectivity index (χ2n) is 5.80. The minimum Gasteiger partial charge on any atom is -0.371 e. The lowest BCUT2D eigenvalue weighted by Gasteiger charge is -2.43. The molecular weight excluding hydrogens is 208 g/mol. The van der Waals surface area contributed by atoms with E-state index in [1.54, 1.807) is 0 Å². The second-order valence-corrected chi connectivity index (χ2v) is 5.80. The summed E-state index contributed by atoms with van der Waals surface area (Å²) in [7, 11) is 0. The van der Waals surface area contributed by atoms with Crippen molar-refractivity contribution < 1.29 is 0 Å². The first-order chi connectivity index (χ1) is 8.22. The second kappa shape index (κ2) is 4.34. The van der Waals surface area contributed by atoms with Crippen LogP contribution in [0.15, 0.2) is 18.2 Å². The average molecular weight is 230 g/mol. The summed E-state index contributed by atoms with van der Waals surface area (Å²) in [5, 5.41) is 3.55. The van der Waals surface area contributed by atoms with E-state index in [9.17, 15) is 0 Å². The number of hydrogen-bond donors (Lipinski definition) is 1. The number of rotatable bonds is 1. The molecule has 2 heterocycles. The molecule has 2 heteroatoms. The molecule has 3 rings (SSSR count). The van der Waals surface area contributed by atoms with E-state index in [2.05, 4.69) is 42.3 Å². The Kier molecular flexibility index (Phi) is 2.83. The molecule has 92 valence electrons. The van der Waals surface area contributed by atoms with Crippen LogP contribution in [0.2, 0.25) is 0 Å². The Morgan fingerprint density at radius 1 is 1.06 bits per heavy atom. The summed E-state index contributed by atoms with van der Waals surface area (Å²) >= 11 is 0. The number of nitrogens with zero attached hydrogens (tertiary/aromatic N) is 1. The third-order valence-corrected chi connectivity index (χ3v) is 4.35. The molecular formula is C15H22N2. The van der Waals surface area contributed by atoms with E-state index in [0.29, 0.717) is 0 Å². The molecule has 1 aromatic rings. The molecule has 1 N–H and O–H groups in total. The van der Waals surface area contributed by atoms with E-state index < -0.39 is 0 Å². The highest BCUT2D eigenvalue weighted by Crippen LogP contribution is 2.29. The molecule has 2 bridgehead atoms. The molecule has 0 aliphatic carbocycles. The summed E-state index contributed by atoms with van der Waals surface area (Å²) in [5.41, 5.74) is 4.23. The van der Waals surface area contributed by atoms with Gasteiger partial charge in [0, 0.05) is 18.8 Å². The van der Waals surface area contributed by atoms with Gasteiger partial charge in [-0.3, -0.25) is 0 Å². The van der Waals surface area contributed by atoms with Crippen molar-refractivity contribution in [3.8, 4) is 0 Å². The highest BCUT2D eigenvalue weighted by Gasteiger charge is 2.30. The molecule has 2 saturated heterocycles. The van der Waals surface area contributed by atoms with E-state index in [4.69, 9.17) is 0 Å². The van der Waals surface area contributed by atoms with Gasteiger partial charge in [-0.2, -0.15) is 0 Å². The van der Waals surface area contributed by atoms with Crippen molar-refractivity contribution in [2.45, 2.75) is 20.3 Å². The molecule has 0 saturated carbocycles. The number of benzene rings is 1. The average Bonchev–Trinajstić information content (AvgIpc) is 2.32. The van der Waals surface area contributed by atoms with Gasteiger partial charge >= 0.3 is 0 Å². The molecule has 0 aromatic heterocycles. The third-order valence-electron chi connectivity index (χ3n) is 4.35. The summed E-state index contributed by atoms with van der Waals surface area (Å²) in [6, 6.07) is 6.90. The van der Waals surface area contributed by atoms with Crippen molar-refractivity contribution in [2.75, 3.05) is 31.1 Å². The maximum absolute atomic E-state index is 3.55. The Hall–Kier alpha value is -1.02. The fourth-order valence-corrected chi connectivity index (χ4v) is 3.24. The number of piperidine rings is 2. The highest BCUT2D eigenvalue weighted by molar-refractivity contribution is 5.51. The van der Waals surface area contributed by atoms with Crippen molar-refractivity contribution >= 4 is 5.69 Å². The predicted octanol–water partition coefficient (Wildman–Crippen LogP) is 2.35. The Bertz CT molecular complexity index is 401. The Labute approximate surface area is 104 Å². The largest absolute Gasteiger partial charge is 0.371 e. The number of fused-ring (bicyclic) bond motifs is 2. The van der Waals surface area contributed by atoms with E-state index in [0.717, 1.165) is 11.8 Å². The smallest absolute Gasteiger partial charge is 0.0369 e.